The summed E-state index contributed by atoms with van der Waals surface area (Å²) in [5.41, 5.74) is 0.708. The van der Waals surface area contributed by atoms with Gasteiger partial charge in [0.15, 0.2) is 0 Å². The molecule has 53 heavy (non-hydrogen) atoms. The Morgan fingerprint density at radius 3 is 2.32 bits per heavy atom. The first-order valence-electron chi connectivity index (χ1n) is 20.3. The molecule has 0 bridgehead atoms. The number of carboxylic acids is 1. The lowest BCUT2D eigenvalue weighted by atomic mass is 9.31. The number of imidazole rings is 1. The summed E-state index contributed by atoms with van der Waals surface area (Å²) in [5, 5.41) is 9.30. The minimum absolute atomic E-state index is 0.0111. The van der Waals surface area contributed by atoms with Crippen molar-refractivity contribution in [3.05, 3.63) is 30.1 Å². The van der Waals surface area contributed by atoms with Gasteiger partial charge in [-0.1, -0.05) is 53.7 Å². The van der Waals surface area contributed by atoms with Crippen molar-refractivity contribution in [2.24, 2.45) is 56.2 Å². The Kier molecular flexibility index (Phi) is 9.29. The number of ether oxygens (including phenoxy) is 2. The van der Waals surface area contributed by atoms with Crippen LogP contribution < -0.4 is 0 Å². The molecule has 9 nitrogen and oxygen atoms in total. The van der Waals surface area contributed by atoms with Gasteiger partial charge in [-0.05, 0) is 116 Å². The van der Waals surface area contributed by atoms with Crippen LogP contribution in [0.3, 0.4) is 0 Å². The van der Waals surface area contributed by atoms with E-state index < -0.39 is 11.4 Å². The monoisotopic (exact) mass is 730 g/mol. The summed E-state index contributed by atoms with van der Waals surface area (Å²) in [5.74, 6) is 0.501. The Morgan fingerprint density at radius 2 is 1.60 bits per heavy atom. The Bertz CT molecular complexity index is 1820. The Labute approximate surface area is 315 Å². The van der Waals surface area contributed by atoms with Crippen molar-refractivity contribution in [1.29, 1.82) is 0 Å². The topological polar surface area (TPSA) is 125 Å². The van der Waals surface area contributed by atoms with Crippen LogP contribution in [0.5, 0.6) is 0 Å². The summed E-state index contributed by atoms with van der Waals surface area (Å²) in [6, 6.07) is 7.71. The number of aliphatic carboxylic acids is 1. The maximum atomic E-state index is 14.8. The molecule has 5 fully saturated rings. The Balaban J connectivity index is 1.09. The minimum atomic E-state index is -0.877. The summed E-state index contributed by atoms with van der Waals surface area (Å²) >= 11 is 0. The second kappa shape index (κ2) is 12.9. The summed E-state index contributed by atoms with van der Waals surface area (Å²) in [6.07, 6.45) is 9.24. The van der Waals surface area contributed by atoms with Crippen molar-refractivity contribution in [3.63, 3.8) is 0 Å². The van der Waals surface area contributed by atoms with Gasteiger partial charge >= 0.3 is 17.9 Å². The van der Waals surface area contributed by atoms with Gasteiger partial charge in [-0.25, -0.2) is 4.98 Å². The van der Waals surface area contributed by atoms with Gasteiger partial charge in [-0.2, -0.15) is 0 Å². The maximum Gasteiger partial charge on any atom is 0.311 e. The predicted octanol–water partition coefficient (Wildman–Crippen LogP) is 8.59. The molecule has 9 heteroatoms. The maximum absolute atomic E-state index is 14.8. The highest BCUT2D eigenvalue weighted by atomic mass is 16.5. The highest BCUT2D eigenvalue weighted by Crippen LogP contribution is 2.76. The van der Waals surface area contributed by atoms with E-state index in [-0.39, 0.29) is 75.7 Å². The van der Waals surface area contributed by atoms with Crippen molar-refractivity contribution < 1.29 is 33.8 Å². The average Bonchev–Trinajstić information content (AvgIpc) is 3.46. The van der Waals surface area contributed by atoms with Crippen LogP contribution in [-0.2, 0) is 41.6 Å². The number of benzene rings is 1. The summed E-state index contributed by atoms with van der Waals surface area (Å²) in [4.78, 5) is 57.5. The van der Waals surface area contributed by atoms with E-state index in [4.69, 9.17) is 9.47 Å². The number of carboxylic acid groups (broad SMARTS) is 1. The quantitative estimate of drug-likeness (QED) is 0.268. The number of nitrogens with zero attached hydrogens (tertiary/aromatic N) is 2. The summed E-state index contributed by atoms with van der Waals surface area (Å²) in [7, 11) is 1.49. The molecule has 1 aromatic heterocycles. The number of aromatic nitrogens is 2. The average molecular weight is 731 g/mol. The van der Waals surface area contributed by atoms with Gasteiger partial charge in [0.05, 0.1) is 36.4 Å². The van der Waals surface area contributed by atoms with Gasteiger partial charge < -0.3 is 19.1 Å². The fourth-order valence-electron chi connectivity index (χ4n) is 13.6. The first kappa shape index (κ1) is 38.1. The molecule has 290 valence electrons. The SMILES string of the molecule is COC(=O)[C@@]1(C)CC[C@]2(C)CC[C@]3(C)[C@H](C(=O)C[C@@H]4[C@@]5(C)CC[C@H](OC(=O)CCn6c(CCC(=O)O)nc7ccccc76)C(C)(C)[C@@H]5CC[C@]43C)[C@@H]2C1. The number of methoxy groups -OCH3 is 1. The predicted molar refractivity (Wildman–Crippen MR) is 202 cm³/mol. The second-order valence-electron chi connectivity index (χ2n) is 19.8. The third kappa shape index (κ3) is 5.79. The standard InChI is InChI=1S/C44H62N2O7/c1-39(2)31-15-19-43(6)32(25-30(47)37-27-26-41(4,38(51)52-8)21-20-40(27,3)22-23-44(37,43)7)42(31,5)18-16-33(39)53-36(50)17-24-46-29-12-10-9-11-28(29)45-34(46)13-14-35(48)49/h9-12,27,31-33,37H,13-26H2,1-8H3,(H,48,49)/t27-,31-,32+,33-,37-,40+,41-,42-,43+,44+/m0/s1. The van der Waals surface area contributed by atoms with Crippen molar-refractivity contribution in [3.8, 4) is 0 Å². The first-order chi connectivity index (χ1) is 24.8. The Hall–Kier alpha value is -3.23. The molecule has 0 saturated heterocycles. The second-order valence-corrected chi connectivity index (χ2v) is 19.8. The van der Waals surface area contributed by atoms with E-state index in [9.17, 15) is 24.3 Å². The van der Waals surface area contributed by atoms with Crippen molar-refractivity contribution >= 4 is 34.7 Å². The lowest BCUT2D eigenvalue weighted by Gasteiger charge is -2.73. The number of hydrogen-bond acceptors (Lipinski definition) is 7. The van der Waals surface area contributed by atoms with E-state index >= 15 is 0 Å². The van der Waals surface area contributed by atoms with Crippen LogP contribution in [0, 0.1) is 56.2 Å². The van der Waals surface area contributed by atoms with Crippen molar-refractivity contribution in [1.82, 2.24) is 9.55 Å². The van der Waals surface area contributed by atoms with Gasteiger partial charge in [0.1, 0.15) is 17.7 Å². The van der Waals surface area contributed by atoms with Crippen LogP contribution in [0.4, 0.5) is 0 Å². The fourth-order valence-corrected chi connectivity index (χ4v) is 13.6. The van der Waals surface area contributed by atoms with Crippen LogP contribution in [-0.4, -0.2) is 51.6 Å². The number of rotatable bonds is 8. The number of ketones is 1. The van der Waals surface area contributed by atoms with Crippen molar-refractivity contribution in [2.75, 3.05) is 7.11 Å². The zero-order valence-electron chi connectivity index (χ0n) is 33.4. The molecule has 1 N–H and O–H groups in total. The van der Waals surface area contributed by atoms with E-state index in [2.05, 4.69) is 53.5 Å². The molecule has 0 unspecified atom stereocenters. The lowest BCUT2D eigenvalue weighted by Crippen LogP contribution is -2.69. The van der Waals surface area contributed by atoms with E-state index in [1.54, 1.807) is 0 Å². The molecule has 10 atom stereocenters. The minimum Gasteiger partial charge on any atom is -0.481 e. The normalized spacial score (nSPS) is 40.3. The molecular weight excluding hydrogens is 668 g/mol. The highest BCUT2D eigenvalue weighted by Gasteiger charge is 2.72. The smallest absolute Gasteiger partial charge is 0.311 e. The van der Waals surface area contributed by atoms with Crippen LogP contribution >= 0.6 is 0 Å². The van der Waals surface area contributed by atoms with Crippen LogP contribution in [0.15, 0.2) is 24.3 Å². The largest absolute Gasteiger partial charge is 0.481 e. The lowest BCUT2D eigenvalue weighted by molar-refractivity contribution is -0.247. The van der Waals surface area contributed by atoms with E-state index in [1.165, 1.54) is 7.11 Å². The van der Waals surface area contributed by atoms with E-state index in [0.717, 1.165) is 68.8 Å². The number of carbonyl (C=O) groups excluding carboxylic acids is 3. The molecule has 0 aliphatic heterocycles. The highest BCUT2D eigenvalue weighted by molar-refractivity contribution is 5.85. The zero-order chi connectivity index (χ0) is 38.4. The molecule has 0 amide bonds. The molecule has 1 aromatic carbocycles. The van der Waals surface area contributed by atoms with Crippen LogP contribution in [0.2, 0.25) is 0 Å². The summed E-state index contributed by atoms with van der Waals surface area (Å²) in [6.45, 7) is 16.8. The number of para-hydroxylation sites is 2. The van der Waals surface area contributed by atoms with Gasteiger partial charge in [0.25, 0.3) is 0 Å². The van der Waals surface area contributed by atoms with Crippen LogP contribution in [0.1, 0.15) is 131 Å². The van der Waals surface area contributed by atoms with E-state index in [1.807, 2.05) is 28.8 Å². The molecule has 0 spiro atoms. The molecule has 5 aliphatic carbocycles. The number of carbonyl (C=O) groups is 4. The molecule has 2 aromatic rings. The molecular formula is C44H62N2O7. The van der Waals surface area contributed by atoms with Crippen LogP contribution in [0.25, 0.3) is 11.0 Å². The molecule has 7 rings (SSSR count). The number of esters is 2. The van der Waals surface area contributed by atoms with Gasteiger partial charge in [0, 0.05) is 30.7 Å². The third-order valence-electron chi connectivity index (χ3n) is 16.9. The fraction of sp³-hybridized carbons (Fsp3) is 0.750. The van der Waals surface area contributed by atoms with Gasteiger partial charge in [-0.3, -0.25) is 19.2 Å². The summed E-state index contributed by atoms with van der Waals surface area (Å²) < 4.78 is 13.7. The number of hydrogen-bond donors (Lipinski definition) is 1. The third-order valence-corrected chi connectivity index (χ3v) is 16.9. The number of Topliss-reactive ketones (excluding diaryl/α,β-unsaturated/α-hetero) is 1. The Morgan fingerprint density at radius 1 is 0.887 bits per heavy atom. The number of fused-ring (bicyclic) bond motifs is 8. The molecule has 0 radical (unpaired) electrons. The number of aryl methyl sites for hydroxylation is 2. The molecule has 5 aliphatic rings. The molecule has 1 heterocycles. The molecule has 5 saturated carbocycles. The van der Waals surface area contributed by atoms with Gasteiger partial charge in [0.2, 0.25) is 0 Å². The van der Waals surface area contributed by atoms with Gasteiger partial charge in [-0.15, -0.1) is 0 Å². The zero-order valence-corrected chi connectivity index (χ0v) is 33.4. The first-order valence-corrected chi connectivity index (χ1v) is 20.3. The van der Waals surface area contributed by atoms with E-state index in [0.29, 0.717) is 36.9 Å². The van der Waals surface area contributed by atoms with Crippen molar-refractivity contribution in [2.45, 2.75) is 145 Å².